The molecule has 0 aliphatic carbocycles. The standard InChI is InChI=1S/C32H41N3O2/c1-5-35(25-13-10-23(2)11-14-25)26-16-19-34(21-26)18-7-9-27-28-8-6-17-33-30(28)22-37-31-15-12-24(20-29(27)31)32(3,4)36/h6,8-15,17,20,26,30,33,36H,5,7,16,18-19,21-22H2,1-4H3/b27-9+. The summed E-state index contributed by atoms with van der Waals surface area (Å²) in [5.74, 6) is 0.884. The maximum Gasteiger partial charge on any atom is 0.127 e. The number of hydrogen-bond acceptors (Lipinski definition) is 5. The number of likely N-dealkylation sites (N-methyl/N-ethyl adjacent to an activating group) is 1. The molecule has 0 radical (unpaired) electrons. The van der Waals surface area contributed by atoms with Crippen LogP contribution in [0.5, 0.6) is 5.75 Å². The zero-order valence-corrected chi connectivity index (χ0v) is 22.7. The average molecular weight is 500 g/mol. The number of benzene rings is 2. The number of allylic oxidation sites excluding steroid dienone is 2. The summed E-state index contributed by atoms with van der Waals surface area (Å²) in [6.45, 7) is 13.0. The molecule has 0 amide bonds. The molecule has 0 bridgehead atoms. The fourth-order valence-electron chi connectivity index (χ4n) is 5.80. The molecule has 0 saturated carbocycles. The van der Waals surface area contributed by atoms with Gasteiger partial charge in [0.1, 0.15) is 12.4 Å². The second kappa shape index (κ2) is 10.8. The number of aryl methyl sites for hydroxylation is 1. The summed E-state index contributed by atoms with van der Waals surface area (Å²) in [6.07, 6.45) is 10.8. The van der Waals surface area contributed by atoms with Crippen molar-refractivity contribution < 1.29 is 9.84 Å². The first-order valence-corrected chi connectivity index (χ1v) is 13.7. The molecule has 196 valence electrons. The van der Waals surface area contributed by atoms with E-state index in [1.54, 1.807) is 0 Å². The highest BCUT2D eigenvalue weighted by atomic mass is 16.5. The molecule has 2 unspecified atom stereocenters. The highest BCUT2D eigenvalue weighted by molar-refractivity contribution is 5.85. The minimum absolute atomic E-state index is 0.123. The molecular weight excluding hydrogens is 458 g/mol. The monoisotopic (exact) mass is 499 g/mol. The van der Waals surface area contributed by atoms with Gasteiger partial charge < -0.3 is 25.0 Å². The summed E-state index contributed by atoms with van der Waals surface area (Å²) in [6, 6.07) is 15.7. The largest absolute Gasteiger partial charge is 0.490 e. The minimum atomic E-state index is -0.905. The van der Waals surface area contributed by atoms with Crippen LogP contribution in [0.3, 0.4) is 0 Å². The number of ether oxygens (including phenoxy) is 1. The minimum Gasteiger partial charge on any atom is -0.490 e. The Balaban J connectivity index is 1.33. The van der Waals surface area contributed by atoms with Crippen LogP contribution >= 0.6 is 0 Å². The molecule has 1 saturated heterocycles. The van der Waals surface area contributed by atoms with Crippen molar-refractivity contribution in [3.63, 3.8) is 0 Å². The van der Waals surface area contributed by atoms with Crippen LogP contribution in [0.1, 0.15) is 50.3 Å². The number of hydrogen-bond donors (Lipinski definition) is 2. The van der Waals surface area contributed by atoms with Crippen molar-refractivity contribution in [3.05, 3.63) is 89.2 Å². The number of nitrogens with one attached hydrogen (secondary N) is 1. The highest BCUT2D eigenvalue weighted by Gasteiger charge is 2.29. The van der Waals surface area contributed by atoms with Gasteiger partial charge >= 0.3 is 0 Å². The first-order chi connectivity index (χ1) is 17.8. The summed E-state index contributed by atoms with van der Waals surface area (Å²) in [5.41, 5.74) is 6.17. The maximum atomic E-state index is 10.7. The lowest BCUT2D eigenvalue weighted by molar-refractivity contribution is 0.0785. The van der Waals surface area contributed by atoms with E-state index >= 15 is 0 Å². The number of nitrogens with zero attached hydrogens (tertiary/aromatic N) is 2. The quantitative estimate of drug-likeness (QED) is 0.534. The van der Waals surface area contributed by atoms with E-state index in [0.717, 1.165) is 49.5 Å². The first kappa shape index (κ1) is 25.6. The number of aliphatic hydroxyl groups is 1. The molecule has 3 aliphatic rings. The molecule has 1 fully saturated rings. The van der Waals surface area contributed by atoms with E-state index in [2.05, 4.69) is 77.5 Å². The molecule has 2 aromatic rings. The molecule has 0 aromatic heterocycles. The van der Waals surface area contributed by atoms with Gasteiger partial charge in [-0.2, -0.15) is 0 Å². The van der Waals surface area contributed by atoms with Crippen molar-refractivity contribution in [1.29, 1.82) is 0 Å². The van der Waals surface area contributed by atoms with E-state index in [1.165, 1.54) is 28.8 Å². The van der Waals surface area contributed by atoms with Gasteiger partial charge in [-0.05, 0) is 93.8 Å². The topological polar surface area (TPSA) is 48.0 Å². The fourth-order valence-corrected chi connectivity index (χ4v) is 5.80. The summed E-state index contributed by atoms with van der Waals surface area (Å²) in [4.78, 5) is 5.16. The van der Waals surface area contributed by atoms with Crippen LogP contribution in [0, 0.1) is 6.92 Å². The van der Waals surface area contributed by atoms with Crippen molar-refractivity contribution in [3.8, 4) is 5.75 Å². The van der Waals surface area contributed by atoms with Gasteiger partial charge in [0.25, 0.3) is 0 Å². The number of dihydropyridines is 1. The Labute approximate surface area is 222 Å². The van der Waals surface area contributed by atoms with Gasteiger partial charge in [0, 0.05) is 43.5 Å². The summed E-state index contributed by atoms with van der Waals surface area (Å²) in [5, 5.41) is 14.1. The molecule has 5 heteroatoms. The van der Waals surface area contributed by atoms with Crippen LogP contribution in [0.25, 0.3) is 5.57 Å². The molecule has 2 N–H and O–H groups in total. The maximum absolute atomic E-state index is 10.7. The molecule has 5 nitrogen and oxygen atoms in total. The molecule has 2 aromatic carbocycles. The van der Waals surface area contributed by atoms with E-state index < -0.39 is 5.60 Å². The van der Waals surface area contributed by atoms with Crippen LogP contribution in [0.4, 0.5) is 5.69 Å². The van der Waals surface area contributed by atoms with Crippen LogP contribution in [-0.4, -0.2) is 54.9 Å². The normalized spacial score (nSPS) is 22.5. The van der Waals surface area contributed by atoms with Crippen molar-refractivity contribution in [2.24, 2.45) is 0 Å². The van der Waals surface area contributed by atoms with E-state index in [9.17, 15) is 5.11 Å². The predicted octanol–water partition coefficient (Wildman–Crippen LogP) is 5.40. The Morgan fingerprint density at radius 2 is 2.00 bits per heavy atom. The number of likely N-dealkylation sites (tertiary alicyclic amines) is 1. The molecular formula is C32H41N3O2. The second-order valence-corrected chi connectivity index (χ2v) is 11.1. The van der Waals surface area contributed by atoms with Crippen molar-refractivity contribution in [1.82, 2.24) is 10.2 Å². The van der Waals surface area contributed by atoms with Gasteiger partial charge in [-0.1, -0.05) is 35.9 Å². The summed E-state index contributed by atoms with van der Waals surface area (Å²) < 4.78 is 6.22. The molecule has 5 rings (SSSR count). The third-order valence-electron chi connectivity index (χ3n) is 7.93. The van der Waals surface area contributed by atoms with Crippen molar-refractivity contribution in [2.45, 2.75) is 58.2 Å². The van der Waals surface area contributed by atoms with Crippen LogP contribution in [-0.2, 0) is 5.60 Å². The number of anilines is 1. The fraction of sp³-hybridized carbons (Fsp3) is 0.438. The van der Waals surface area contributed by atoms with Crippen LogP contribution in [0.2, 0.25) is 0 Å². The Hall–Kier alpha value is -3.02. The number of rotatable bonds is 7. The van der Waals surface area contributed by atoms with E-state index in [-0.39, 0.29) is 6.04 Å². The van der Waals surface area contributed by atoms with Gasteiger partial charge in [-0.3, -0.25) is 0 Å². The van der Waals surface area contributed by atoms with E-state index in [0.29, 0.717) is 12.6 Å². The molecule has 0 spiro atoms. The van der Waals surface area contributed by atoms with Gasteiger partial charge in [-0.15, -0.1) is 0 Å². The van der Waals surface area contributed by atoms with E-state index in [1.807, 2.05) is 32.2 Å². The van der Waals surface area contributed by atoms with Gasteiger partial charge in [0.05, 0.1) is 11.6 Å². The predicted molar refractivity (Wildman–Crippen MR) is 153 cm³/mol. The SMILES string of the molecule is CCN(c1ccc(C)cc1)C1CCN(CC/C=C2\C3=CC=CNC3COc3ccc(C(C)(C)O)cc32)C1. The summed E-state index contributed by atoms with van der Waals surface area (Å²) >= 11 is 0. The third-order valence-corrected chi connectivity index (χ3v) is 7.93. The van der Waals surface area contributed by atoms with Crippen LogP contribution < -0.4 is 15.0 Å². The lowest BCUT2D eigenvalue weighted by Crippen LogP contribution is -2.37. The van der Waals surface area contributed by atoms with Crippen LogP contribution in [0.15, 0.2) is 72.5 Å². The summed E-state index contributed by atoms with van der Waals surface area (Å²) in [7, 11) is 0. The number of fused-ring (bicyclic) bond motifs is 2. The third kappa shape index (κ3) is 5.63. The Morgan fingerprint density at radius 3 is 2.76 bits per heavy atom. The average Bonchev–Trinajstić information content (AvgIpc) is 3.28. The van der Waals surface area contributed by atoms with Gasteiger partial charge in [0.15, 0.2) is 0 Å². The molecule has 2 atom stereocenters. The zero-order valence-electron chi connectivity index (χ0n) is 22.7. The lowest BCUT2D eigenvalue weighted by Gasteiger charge is -2.30. The first-order valence-electron chi connectivity index (χ1n) is 13.7. The van der Waals surface area contributed by atoms with Gasteiger partial charge in [0.2, 0.25) is 0 Å². The smallest absolute Gasteiger partial charge is 0.127 e. The highest BCUT2D eigenvalue weighted by Crippen LogP contribution is 2.39. The Kier molecular flexibility index (Phi) is 7.45. The second-order valence-electron chi connectivity index (χ2n) is 11.1. The Bertz CT molecular complexity index is 1190. The van der Waals surface area contributed by atoms with Crippen molar-refractivity contribution >= 4 is 11.3 Å². The lowest BCUT2D eigenvalue weighted by atomic mass is 9.88. The van der Waals surface area contributed by atoms with Crippen molar-refractivity contribution in [2.75, 3.05) is 37.7 Å². The van der Waals surface area contributed by atoms with Gasteiger partial charge in [-0.25, -0.2) is 0 Å². The molecule has 3 aliphatic heterocycles. The van der Waals surface area contributed by atoms with E-state index in [4.69, 9.17) is 4.74 Å². The molecule has 37 heavy (non-hydrogen) atoms. The zero-order chi connectivity index (χ0) is 26.0. The Morgan fingerprint density at radius 1 is 1.19 bits per heavy atom. The molecule has 3 heterocycles.